The van der Waals surface area contributed by atoms with E-state index in [9.17, 15) is 14.4 Å². The fourth-order valence-electron chi connectivity index (χ4n) is 4.45. The summed E-state index contributed by atoms with van der Waals surface area (Å²) >= 11 is 0. The van der Waals surface area contributed by atoms with Crippen molar-refractivity contribution in [3.63, 3.8) is 0 Å². The molecule has 0 spiro atoms. The zero-order chi connectivity index (χ0) is 22.5. The lowest BCUT2D eigenvalue weighted by atomic mass is 10.0. The van der Waals surface area contributed by atoms with Crippen LogP contribution >= 0.6 is 0 Å². The second-order valence-electron chi connectivity index (χ2n) is 8.20. The maximum absolute atomic E-state index is 12.9. The molecule has 2 aliphatic rings. The van der Waals surface area contributed by atoms with Gasteiger partial charge < -0.3 is 4.90 Å². The number of nitrogens with zero attached hydrogens (tertiary/aromatic N) is 5. The van der Waals surface area contributed by atoms with Crippen molar-refractivity contribution >= 4 is 28.6 Å². The molecular formula is C24H18N6O3. The molecule has 1 N–H and O–H groups in total. The molecule has 2 aromatic carbocycles. The standard InChI is InChI=1S/C24H18N6O3/c31-22-8-7-21(23(32)26-22)29-12-16-10-17(5-6-18(16)24(29)33)30-13-20(27-28-30)15-4-3-14-2-1-9-25-19(14)11-15/h1-6,9-11,13,21H,7-8,12H2,(H,26,31,32). The highest BCUT2D eigenvalue weighted by molar-refractivity contribution is 6.05. The first-order valence-electron chi connectivity index (χ1n) is 10.6. The van der Waals surface area contributed by atoms with Gasteiger partial charge in [0.05, 0.1) is 17.4 Å². The second kappa shape index (κ2) is 7.33. The highest BCUT2D eigenvalue weighted by Gasteiger charge is 2.39. The minimum absolute atomic E-state index is 0.200. The van der Waals surface area contributed by atoms with E-state index in [2.05, 4.69) is 20.6 Å². The molecule has 33 heavy (non-hydrogen) atoms. The lowest BCUT2D eigenvalue weighted by Gasteiger charge is -2.29. The zero-order valence-electron chi connectivity index (χ0n) is 17.4. The van der Waals surface area contributed by atoms with Crippen molar-refractivity contribution < 1.29 is 14.4 Å². The Morgan fingerprint density at radius 1 is 1.03 bits per heavy atom. The molecule has 1 atom stereocenters. The molecule has 0 bridgehead atoms. The van der Waals surface area contributed by atoms with E-state index in [0.717, 1.165) is 27.7 Å². The Morgan fingerprint density at radius 2 is 1.94 bits per heavy atom. The molecule has 4 heterocycles. The lowest BCUT2D eigenvalue weighted by Crippen LogP contribution is -2.52. The summed E-state index contributed by atoms with van der Waals surface area (Å²) in [6, 6.07) is 14.7. The number of nitrogens with one attached hydrogen (secondary N) is 1. The van der Waals surface area contributed by atoms with Gasteiger partial charge in [0.2, 0.25) is 11.8 Å². The van der Waals surface area contributed by atoms with Crippen LogP contribution in [0.3, 0.4) is 0 Å². The van der Waals surface area contributed by atoms with Crippen molar-refractivity contribution in [1.29, 1.82) is 0 Å². The summed E-state index contributed by atoms with van der Waals surface area (Å²) in [4.78, 5) is 42.5. The molecule has 3 amide bonds. The first-order valence-corrected chi connectivity index (χ1v) is 10.6. The first-order chi connectivity index (χ1) is 16.1. The summed E-state index contributed by atoms with van der Waals surface area (Å²) in [5.41, 5.74) is 4.65. The van der Waals surface area contributed by atoms with Gasteiger partial charge >= 0.3 is 0 Å². The molecule has 0 aliphatic carbocycles. The van der Waals surface area contributed by atoms with Crippen molar-refractivity contribution in [2.24, 2.45) is 0 Å². The van der Waals surface area contributed by atoms with Crippen LogP contribution < -0.4 is 5.32 Å². The number of rotatable bonds is 3. The topological polar surface area (TPSA) is 110 Å². The van der Waals surface area contributed by atoms with Crippen LogP contribution in [-0.2, 0) is 16.1 Å². The quantitative estimate of drug-likeness (QED) is 0.491. The van der Waals surface area contributed by atoms with Gasteiger partial charge in [-0.3, -0.25) is 24.7 Å². The van der Waals surface area contributed by atoms with Gasteiger partial charge in [-0.25, -0.2) is 4.68 Å². The molecule has 0 saturated carbocycles. The molecule has 1 unspecified atom stereocenters. The Labute approximate surface area is 188 Å². The predicted molar refractivity (Wildman–Crippen MR) is 118 cm³/mol. The molecule has 0 radical (unpaired) electrons. The fourth-order valence-corrected chi connectivity index (χ4v) is 4.45. The number of fused-ring (bicyclic) bond motifs is 2. The normalized spacial score (nSPS) is 18.0. The molecule has 9 nitrogen and oxygen atoms in total. The molecule has 1 saturated heterocycles. The number of carbonyl (C=O) groups excluding carboxylic acids is 3. The Balaban J connectivity index is 1.27. The van der Waals surface area contributed by atoms with Crippen molar-refractivity contribution in [3.05, 3.63) is 72.1 Å². The first kappa shape index (κ1) is 19.3. The highest BCUT2D eigenvalue weighted by atomic mass is 16.2. The SMILES string of the molecule is O=C1CCC(N2Cc3cc(-n4cc(-c5ccc6cccnc6c5)nn4)ccc3C2=O)C(=O)N1. The third-order valence-electron chi connectivity index (χ3n) is 6.17. The van der Waals surface area contributed by atoms with Crippen molar-refractivity contribution in [2.45, 2.75) is 25.4 Å². The van der Waals surface area contributed by atoms with E-state index < -0.39 is 11.9 Å². The number of benzene rings is 2. The van der Waals surface area contributed by atoms with Gasteiger partial charge in [-0.1, -0.05) is 23.4 Å². The number of imide groups is 1. The summed E-state index contributed by atoms with van der Waals surface area (Å²) in [6.07, 6.45) is 4.16. The van der Waals surface area contributed by atoms with E-state index >= 15 is 0 Å². The van der Waals surface area contributed by atoms with Crippen molar-refractivity contribution in [3.8, 4) is 16.9 Å². The van der Waals surface area contributed by atoms with Crippen molar-refractivity contribution in [1.82, 2.24) is 30.2 Å². The van der Waals surface area contributed by atoms with Gasteiger partial charge in [-0.05, 0) is 42.3 Å². The largest absolute Gasteiger partial charge is 0.322 e. The summed E-state index contributed by atoms with van der Waals surface area (Å²) in [5, 5.41) is 11.9. The minimum atomic E-state index is -0.634. The number of carbonyl (C=O) groups is 3. The van der Waals surface area contributed by atoms with E-state index in [-0.39, 0.29) is 18.2 Å². The molecule has 2 aliphatic heterocycles. The average molecular weight is 438 g/mol. The van der Waals surface area contributed by atoms with Crippen LogP contribution in [0.2, 0.25) is 0 Å². The molecule has 6 rings (SSSR count). The van der Waals surface area contributed by atoms with Crippen LogP contribution in [0.4, 0.5) is 0 Å². The monoisotopic (exact) mass is 438 g/mol. The Hall–Kier alpha value is -4.40. The number of hydrogen-bond acceptors (Lipinski definition) is 6. The summed E-state index contributed by atoms with van der Waals surface area (Å²) in [7, 11) is 0. The van der Waals surface area contributed by atoms with E-state index in [1.54, 1.807) is 16.9 Å². The van der Waals surface area contributed by atoms with E-state index in [1.165, 1.54) is 4.90 Å². The lowest BCUT2D eigenvalue weighted by molar-refractivity contribution is -0.136. The maximum atomic E-state index is 12.9. The van der Waals surface area contributed by atoms with E-state index in [0.29, 0.717) is 24.2 Å². The third-order valence-corrected chi connectivity index (χ3v) is 6.17. The van der Waals surface area contributed by atoms with Gasteiger partial charge in [0.1, 0.15) is 11.7 Å². The predicted octanol–water partition coefficient (Wildman–Crippen LogP) is 2.24. The van der Waals surface area contributed by atoms with Crippen LogP contribution in [0.5, 0.6) is 0 Å². The second-order valence-corrected chi connectivity index (χ2v) is 8.20. The number of aromatic nitrogens is 4. The third kappa shape index (κ3) is 3.25. The van der Waals surface area contributed by atoms with Crippen LogP contribution in [-0.4, -0.2) is 48.6 Å². The fraction of sp³-hybridized carbons (Fsp3) is 0.167. The molecule has 9 heteroatoms. The number of hydrogen-bond donors (Lipinski definition) is 1. The Bertz CT molecular complexity index is 1460. The van der Waals surface area contributed by atoms with Crippen LogP contribution in [0, 0.1) is 0 Å². The van der Waals surface area contributed by atoms with Gasteiger partial charge in [-0.15, -0.1) is 5.10 Å². The summed E-state index contributed by atoms with van der Waals surface area (Å²) in [5.74, 6) is -0.917. The van der Waals surface area contributed by atoms with Crippen LogP contribution in [0.1, 0.15) is 28.8 Å². The van der Waals surface area contributed by atoms with E-state index in [4.69, 9.17) is 0 Å². The van der Waals surface area contributed by atoms with Gasteiger partial charge in [-0.2, -0.15) is 0 Å². The smallest absolute Gasteiger partial charge is 0.255 e. The minimum Gasteiger partial charge on any atom is -0.322 e. The summed E-state index contributed by atoms with van der Waals surface area (Å²) < 4.78 is 1.66. The average Bonchev–Trinajstić information content (AvgIpc) is 3.44. The highest BCUT2D eigenvalue weighted by Crippen LogP contribution is 2.29. The van der Waals surface area contributed by atoms with Crippen molar-refractivity contribution in [2.75, 3.05) is 0 Å². The molecular weight excluding hydrogens is 420 g/mol. The Morgan fingerprint density at radius 3 is 2.82 bits per heavy atom. The van der Waals surface area contributed by atoms with Gasteiger partial charge in [0.25, 0.3) is 5.91 Å². The van der Waals surface area contributed by atoms with E-state index in [1.807, 2.05) is 48.7 Å². The molecule has 2 aromatic heterocycles. The molecule has 4 aromatic rings. The number of piperidine rings is 1. The molecule has 1 fully saturated rings. The number of pyridine rings is 1. The van der Waals surface area contributed by atoms with Gasteiger partial charge in [0, 0.05) is 35.7 Å². The van der Waals surface area contributed by atoms with Gasteiger partial charge in [0.15, 0.2) is 0 Å². The maximum Gasteiger partial charge on any atom is 0.255 e. The van der Waals surface area contributed by atoms with Crippen LogP contribution in [0.25, 0.3) is 27.8 Å². The summed E-state index contributed by atoms with van der Waals surface area (Å²) in [6.45, 7) is 0.312. The van der Waals surface area contributed by atoms with Crippen LogP contribution in [0.15, 0.2) is 60.9 Å². The zero-order valence-corrected chi connectivity index (χ0v) is 17.4. The Kier molecular flexibility index (Phi) is 4.29. The number of amides is 3. The molecule has 162 valence electrons.